The third kappa shape index (κ3) is 3.33. The van der Waals surface area contributed by atoms with Gasteiger partial charge in [-0.3, -0.25) is 9.88 Å². The van der Waals surface area contributed by atoms with Crippen LogP contribution >= 0.6 is 11.6 Å². The third-order valence-electron chi connectivity index (χ3n) is 3.28. The van der Waals surface area contributed by atoms with E-state index in [2.05, 4.69) is 4.98 Å². The van der Waals surface area contributed by atoms with Gasteiger partial charge < -0.3 is 5.73 Å². The van der Waals surface area contributed by atoms with Crippen LogP contribution in [0.3, 0.4) is 0 Å². The number of halogens is 2. The molecule has 2 aromatic rings. The normalized spacial score (nSPS) is 12.7. The first kappa shape index (κ1) is 14.9. The van der Waals surface area contributed by atoms with E-state index in [-0.39, 0.29) is 11.1 Å². The van der Waals surface area contributed by atoms with E-state index in [4.69, 9.17) is 17.3 Å². The van der Waals surface area contributed by atoms with E-state index in [1.807, 2.05) is 24.1 Å². The number of aromatic nitrogens is 1. The standard InChI is InChI=1S/C15H17ClFN3/c1-20(10-11-5-7-19-8-6-11)14(9-18)12-3-2-4-13(16)15(12)17/h2-8,14H,9-10,18H2,1H3. The number of hydrogen-bond donors (Lipinski definition) is 1. The summed E-state index contributed by atoms with van der Waals surface area (Å²) in [5.41, 5.74) is 7.44. The number of rotatable bonds is 5. The highest BCUT2D eigenvalue weighted by atomic mass is 35.5. The predicted molar refractivity (Wildman–Crippen MR) is 78.9 cm³/mol. The van der Waals surface area contributed by atoms with Crippen molar-refractivity contribution in [3.05, 3.63) is 64.7 Å². The summed E-state index contributed by atoms with van der Waals surface area (Å²) in [6.45, 7) is 0.981. The van der Waals surface area contributed by atoms with E-state index in [1.165, 1.54) is 6.07 Å². The van der Waals surface area contributed by atoms with Gasteiger partial charge in [-0.15, -0.1) is 0 Å². The molecule has 2 rings (SSSR count). The lowest BCUT2D eigenvalue weighted by Crippen LogP contribution is -2.31. The minimum atomic E-state index is -0.397. The van der Waals surface area contributed by atoms with Crippen molar-refractivity contribution in [2.24, 2.45) is 5.73 Å². The van der Waals surface area contributed by atoms with E-state index in [1.54, 1.807) is 24.5 Å². The van der Waals surface area contributed by atoms with Crippen molar-refractivity contribution in [2.75, 3.05) is 13.6 Å². The van der Waals surface area contributed by atoms with Crippen LogP contribution in [0.5, 0.6) is 0 Å². The van der Waals surface area contributed by atoms with Gasteiger partial charge in [0.05, 0.1) is 5.02 Å². The fourth-order valence-electron chi connectivity index (χ4n) is 2.21. The van der Waals surface area contributed by atoms with Gasteiger partial charge in [0, 0.05) is 37.1 Å². The molecule has 3 nitrogen and oxygen atoms in total. The molecule has 0 aliphatic heterocycles. The quantitative estimate of drug-likeness (QED) is 0.921. The van der Waals surface area contributed by atoms with Gasteiger partial charge in [0.1, 0.15) is 5.82 Å². The first-order chi connectivity index (χ1) is 9.63. The summed E-state index contributed by atoms with van der Waals surface area (Å²) in [6, 6.07) is 8.64. The zero-order chi connectivity index (χ0) is 14.5. The molecule has 106 valence electrons. The molecule has 0 aliphatic carbocycles. The maximum Gasteiger partial charge on any atom is 0.146 e. The van der Waals surface area contributed by atoms with Crippen LogP contribution in [0.25, 0.3) is 0 Å². The molecule has 0 amide bonds. The monoisotopic (exact) mass is 293 g/mol. The van der Waals surface area contributed by atoms with Crippen molar-refractivity contribution in [3.63, 3.8) is 0 Å². The van der Waals surface area contributed by atoms with Crippen molar-refractivity contribution in [3.8, 4) is 0 Å². The van der Waals surface area contributed by atoms with Crippen molar-refractivity contribution in [1.29, 1.82) is 0 Å². The number of pyridine rings is 1. The molecule has 0 spiro atoms. The average Bonchev–Trinajstić information content (AvgIpc) is 2.45. The van der Waals surface area contributed by atoms with Gasteiger partial charge in [-0.1, -0.05) is 23.7 Å². The first-order valence-electron chi connectivity index (χ1n) is 6.36. The highest BCUT2D eigenvalue weighted by Gasteiger charge is 2.20. The lowest BCUT2D eigenvalue weighted by atomic mass is 10.0. The molecule has 1 heterocycles. The second-order valence-corrected chi connectivity index (χ2v) is 5.07. The molecule has 0 bridgehead atoms. The molecule has 0 radical (unpaired) electrons. The number of nitrogens with two attached hydrogens (primary N) is 1. The summed E-state index contributed by atoms with van der Waals surface area (Å²) in [6.07, 6.45) is 3.47. The zero-order valence-corrected chi connectivity index (χ0v) is 12.0. The van der Waals surface area contributed by atoms with Crippen LogP contribution < -0.4 is 5.73 Å². The Bertz CT molecular complexity index is 562. The Labute approximate surface area is 123 Å². The fourth-order valence-corrected chi connectivity index (χ4v) is 2.39. The Morgan fingerprint density at radius 1 is 1.30 bits per heavy atom. The Morgan fingerprint density at radius 2 is 2.00 bits per heavy atom. The molecular weight excluding hydrogens is 277 g/mol. The van der Waals surface area contributed by atoms with Gasteiger partial charge in [-0.2, -0.15) is 0 Å². The molecule has 5 heteroatoms. The number of likely N-dealkylation sites (N-methyl/N-ethyl adjacent to an activating group) is 1. The second-order valence-electron chi connectivity index (χ2n) is 4.67. The van der Waals surface area contributed by atoms with Gasteiger partial charge in [-0.25, -0.2) is 4.39 Å². The summed E-state index contributed by atoms with van der Waals surface area (Å²) < 4.78 is 14.1. The Hall–Kier alpha value is -1.49. The third-order valence-corrected chi connectivity index (χ3v) is 3.57. The largest absolute Gasteiger partial charge is 0.329 e. The number of nitrogens with zero attached hydrogens (tertiary/aromatic N) is 2. The lowest BCUT2D eigenvalue weighted by molar-refractivity contribution is 0.236. The van der Waals surface area contributed by atoms with E-state index in [0.29, 0.717) is 18.7 Å². The highest BCUT2D eigenvalue weighted by Crippen LogP contribution is 2.27. The maximum absolute atomic E-state index is 14.1. The molecule has 20 heavy (non-hydrogen) atoms. The van der Waals surface area contributed by atoms with Gasteiger partial charge >= 0.3 is 0 Å². The molecule has 0 fully saturated rings. The molecule has 0 aliphatic rings. The smallest absolute Gasteiger partial charge is 0.146 e. The SMILES string of the molecule is CN(Cc1ccncc1)C(CN)c1cccc(Cl)c1F. The minimum Gasteiger partial charge on any atom is -0.329 e. The Kier molecular flexibility index (Phi) is 5.06. The van der Waals surface area contributed by atoms with E-state index in [9.17, 15) is 4.39 Å². The summed E-state index contributed by atoms with van der Waals surface area (Å²) in [5.74, 6) is -0.397. The highest BCUT2D eigenvalue weighted by molar-refractivity contribution is 6.30. The van der Waals surface area contributed by atoms with Crippen LogP contribution in [0.2, 0.25) is 5.02 Å². The number of hydrogen-bond acceptors (Lipinski definition) is 3. The van der Waals surface area contributed by atoms with E-state index in [0.717, 1.165) is 5.56 Å². The van der Waals surface area contributed by atoms with Crippen LogP contribution in [-0.4, -0.2) is 23.5 Å². The summed E-state index contributed by atoms with van der Waals surface area (Å²) in [5, 5.41) is 0.123. The van der Waals surface area contributed by atoms with E-state index < -0.39 is 5.82 Å². The van der Waals surface area contributed by atoms with Crippen LogP contribution in [0, 0.1) is 5.82 Å². The second kappa shape index (κ2) is 6.79. The van der Waals surface area contributed by atoms with Crippen molar-refractivity contribution in [2.45, 2.75) is 12.6 Å². The van der Waals surface area contributed by atoms with Crippen LogP contribution in [0.15, 0.2) is 42.7 Å². The van der Waals surface area contributed by atoms with Gasteiger partial charge in [0.2, 0.25) is 0 Å². The molecule has 1 aromatic heterocycles. The molecule has 0 saturated heterocycles. The maximum atomic E-state index is 14.1. The molecule has 0 saturated carbocycles. The Balaban J connectivity index is 2.21. The average molecular weight is 294 g/mol. The van der Waals surface area contributed by atoms with Crippen molar-refractivity contribution in [1.82, 2.24) is 9.88 Å². The molecule has 1 aromatic carbocycles. The van der Waals surface area contributed by atoms with Crippen LogP contribution in [0.1, 0.15) is 17.2 Å². The number of benzene rings is 1. The van der Waals surface area contributed by atoms with Crippen LogP contribution in [-0.2, 0) is 6.54 Å². The van der Waals surface area contributed by atoms with E-state index >= 15 is 0 Å². The van der Waals surface area contributed by atoms with Gasteiger partial charge in [0.15, 0.2) is 0 Å². The summed E-state index contributed by atoms with van der Waals surface area (Å²) >= 11 is 5.84. The van der Waals surface area contributed by atoms with Gasteiger partial charge in [-0.05, 0) is 30.8 Å². The molecule has 1 unspecified atom stereocenters. The van der Waals surface area contributed by atoms with Gasteiger partial charge in [0.25, 0.3) is 0 Å². The first-order valence-corrected chi connectivity index (χ1v) is 6.74. The molecule has 2 N–H and O–H groups in total. The molecule has 1 atom stereocenters. The van der Waals surface area contributed by atoms with Crippen molar-refractivity contribution >= 4 is 11.6 Å². The van der Waals surface area contributed by atoms with Crippen LogP contribution in [0.4, 0.5) is 4.39 Å². The zero-order valence-electron chi connectivity index (χ0n) is 11.3. The Morgan fingerprint density at radius 3 is 2.65 bits per heavy atom. The topological polar surface area (TPSA) is 42.2 Å². The summed E-state index contributed by atoms with van der Waals surface area (Å²) in [4.78, 5) is 5.98. The lowest BCUT2D eigenvalue weighted by Gasteiger charge is -2.27. The van der Waals surface area contributed by atoms with Crippen molar-refractivity contribution < 1.29 is 4.39 Å². The predicted octanol–water partition coefficient (Wildman–Crippen LogP) is 3.01. The summed E-state index contributed by atoms with van der Waals surface area (Å²) in [7, 11) is 1.91. The molecular formula is C15H17ClFN3. The fraction of sp³-hybridized carbons (Fsp3) is 0.267. The minimum absolute atomic E-state index is 0.123.